The Balaban J connectivity index is 0.00000180. The smallest absolute Gasteiger partial charge is 0.230 e. The lowest BCUT2D eigenvalue weighted by Crippen LogP contribution is -3.00. The minimum Gasteiger partial charge on any atom is -1.00 e. The van der Waals surface area contributed by atoms with E-state index in [9.17, 15) is 4.79 Å². The normalized spacial score (nSPS) is 13.5. The Bertz CT molecular complexity index is 491. The van der Waals surface area contributed by atoms with Crippen molar-refractivity contribution >= 4 is 23.1 Å². The Labute approximate surface area is 127 Å². The van der Waals surface area contributed by atoms with Crippen LogP contribution in [0.4, 0.5) is 0 Å². The molecule has 0 unspecified atom stereocenters. The van der Waals surface area contributed by atoms with Crippen LogP contribution < -0.4 is 26.5 Å². The number of ether oxygens (including phenoxy) is 2. The molecule has 0 fully saturated rings. The van der Waals surface area contributed by atoms with Crippen LogP contribution in [0.15, 0.2) is 18.2 Å². The average molecular weight is 346 g/mol. The van der Waals surface area contributed by atoms with Crippen LogP contribution in [0.25, 0.3) is 0 Å². The monoisotopic (exact) mass is 345 g/mol. The van der Waals surface area contributed by atoms with E-state index in [0.717, 1.165) is 12.3 Å². The van der Waals surface area contributed by atoms with Gasteiger partial charge in [-0.2, -0.15) is 0 Å². The number of rotatable bonds is 5. The van der Waals surface area contributed by atoms with Gasteiger partial charge in [-0.25, -0.2) is 4.58 Å². The fourth-order valence-corrected chi connectivity index (χ4v) is 2.63. The summed E-state index contributed by atoms with van der Waals surface area (Å²) in [7, 11) is 3.15. The van der Waals surface area contributed by atoms with Gasteiger partial charge in [0.2, 0.25) is 12.3 Å². The fraction of sp³-hybridized carbons (Fsp3) is 0.385. The lowest BCUT2D eigenvalue weighted by molar-refractivity contribution is -0.499. The van der Waals surface area contributed by atoms with Gasteiger partial charge in [0.25, 0.3) is 0 Å². The highest BCUT2D eigenvalue weighted by atomic mass is 79.9. The van der Waals surface area contributed by atoms with Crippen LogP contribution in [0.1, 0.15) is 10.4 Å². The third kappa shape index (κ3) is 3.98. The molecule has 0 spiro atoms. The molecule has 0 aliphatic carbocycles. The molecule has 0 N–H and O–H groups in total. The zero-order valence-electron chi connectivity index (χ0n) is 10.9. The van der Waals surface area contributed by atoms with Crippen molar-refractivity contribution in [2.45, 2.75) is 0 Å². The maximum absolute atomic E-state index is 12.2. The first kappa shape index (κ1) is 16.0. The molecule has 4 nitrogen and oxygen atoms in total. The summed E-state index contributed by atoms with van der Waals surface area (Å²) in [4.78, 5) is 12.2. The van der Waals surface area contributed by atoms with Crippen LogP contribution in [-0.2, 0) is 0 Å². The van der Waals surface area contributed by atoms with Crippen molar-refractivity contribution < 1.29 is 35.8 Å². The van der Waals surface area contributed by atoms with Gasteiger partial charge in [-0.15, -0.1) is 0 Å². The number of hydrogen-bond donors (Lipinski definition) is 0. The number of Topliss-reactive ketones (excluding diaryl/α,β-unsaturated/α-hetero) is 1. The molecule has 0 aromatic heterocycles. The molecule has 1 aromatic rings. The molecular formula is C13H16BrNO3S. The molecule has 0 saturated carbocycles. The molecule has 0 saturated heterocycles. The van der Waals surface area contributed by atoms with Crippen molar-refractivity contribution in [3.05, 3.63) is 23.8 Å². The van der Waals surface area contributed by atoms with Gasteiger partial charge in [-0.1, -0.05) is 11.8 Å². The van der Waals surface area contributed by atoms with Crippen molar-refractivity contribution in [2.75, 3.05) is 33.1 Å². The Hall–Kier alpha value is -1.01. The molecule has 0 radical (unpaired) electrons. The molecular weight excluding hydrogens is 330 g/mol. The third-order valence-corrected chi connectivity index (χ3v) is 3.64. The predicted octanol–water partition coefficient (Wildman–Crippen LogP) is -1.32. The number of carbonyl (C=O) groups is 1. The van der Waals surface area contributed by atoms with Gasteiger partial charge in [0.15, 0.2) is 12.1 Å². The van der Waals surface area contributed by atoms with Crippen molar-refractivity contribution in [2.24, 2.45) is 0 Å². The van der Waals surface area contributed by atoms with E-state index in [1.165, 1.54) is 0 Å². The summed E-state index contributed by atoms with van der Waals surface area (Å²) in [6.07, 6.45) is 0. The average Bonchev–Trinajstić information content (AvgIpc) is 2.90. The first-order valence-electron chi connectivity index (χ1n) is 5.69. The summed E-state index contributed by atoms with van der Waals surface area (Å²) in [6, 6.07) is 5.26. The maximum Gasteiger partial charge on any atom is 0.230 e. The first-order valence-corrected chi connectivity index (χ1v) is 6.73. The number of hydrogen-bond acceptors (Lipinski definition) is 4. The zero-order valence-corrected chi connectivity index (χ0v) is 13.3. The lowest BCUT2D eigenvalue weighted by atomic mass is 10.1. The minimum absolute atomic E-state index is 0. The van der Waals surface area contributed by atoms with Crippen molar-refractivity contribution in [3.63, 3.8) is 0 Å². The van der Waals surface area contributed by atoms with Gasteiger partial charge in [0.05, 0.1) is 25.5 Å². The van der Waals surface area contributed by atoms with E-state index < -0.39 is 0 Å². The summed E-state index contributed by atoms with van der Waals surface area (Å²) < 4.78 is 12.4. The van der Waals surface area contributed by atoms with Crippen LogP contribution in [-0.4, -0.2) is 49.0 Å². The first-order chi connectivity index (χ1) is 8.74. The molecule has 0 bridgehead atoms. The summed E-state index contributed by atoms with van der Waals surface area (Å²) in [5.41, 5.74) is 2.61. The largest absolute Gasteiger partial charge is 1.00 e. The molecule has 0 atom stereocenters. The third-order valence-electron chi connectivity index (χ3n) is 2.78. The number of benzene rings is 1. The van der Waals surface area contributed by atoms with Crippen LogP contribution in [0.3, 0.4) is 0 Å². The van der Waals surface area contributed by atoms with Crippen LogP contribution in [0, 0.1) is 0 Å². The molecule has 104 valence electrons. The quantitative estimate of drug-likeness (QED) is 0.490. The maximum atomic E-state index is 12.2. The molecule has 1 heterocycles. The van der Waals surface area contributed by atoms with Crippen molar-refractivity contribution in [3.8, 4) is 11.5 Å². The second-order valence-corrected chi connectivity index (χ2v) is 4.89. The molecule has 1 aliphatic rings. The summed E-state index contributed by atoms with van der Waals surface area (Å²) in [6.45, 7) is 1.32. The van der Waals surface area contributed by atoms with Crippen molar-refractivity contribution in [1.29, 1.82) is 0 Å². The van der Waals surface area contributed by atoms with Crippen LogP contribution >= 0.6 is 11.8 Å². The zero-order chi connectivity index (χ0) is 13.0. The minimum atomic E-state index is 0. The van der Waals surface area contributed by atoms with Gasteiger partial charge in [-0.3, -0.25) is 4.79 Å². The number of halogens is 1. The topological polar surface area (TPSA) is 38.5 Å². The van der Waals surface area contributed by atoms with E-state index >= 15 is 0 Å². The summed E-state index contributed by atoms with van der Waals surface area (Å²) >= 11 is 1.73. The molecule has 0 amide bonds. The summed E-state index contributed by atoms with van der Waals surface area (Å²) in [5, 5.41) is 0. The highest BCUT2D eigenvalue weighted by molar-refractivity contribution is 8.12. The number of ketones is 1. The molecule has 1 aromatic carbocycles. The van der Waals surface area contributed by atoms with E-state index in [-0.39, 0.29) is 22.8 Å². The molecule has 6 heteroatoms. The van der Waals surface area contributed by atoms with Gasteiger partial charge in [0.1, 0.15) is 11.5 Å². The Kier molecular flexibility index (Phi) is 6.37. The van der Waals surface area contributed by atoms with E-state index in [2.05, 4.69) is 0 Å². The number of carbonyl (C=O) groups excluding carboxylic acids is 1. The highest BCUT2D eigenvalue weighted by Crippen LogP contribution is 2.25. The number of nitrogens with zero attached hydrogens (tertiary/aromatic N) is 1. The standard InChI is InChI=1S/C13H16NO3S.BrH/c1-16-10-3-4-11(13(7-10)17-2)12(15)8-14-5-6-18-9-14;/h3-4,7,9H,5-6,8H2,1-2H3;1H/q+1;/p-1. The van der Waals surface area contributed by atoms with E-state index in [4.69, 9.17) is 9.47 Å². The second-order valence-electron chi connectivity index (χ2n) is 3.94. The molecule has 2 rings (SSSR count). The Morgan fingerprint density at radius 2 is 2.16 bits per heavy atom. The van der Waals surface area contributed by atoms with Crippen LogP contribution in [0.5, 0.6) is 11.5 Å². The lowest BCUT2D eigenvalue weighted by Gasteiger charge is -2.08. The van der Waals surface area contributed by atoms with Gasteiger partial charge >= 0.3 is 0 Å². The van der Waals surface area contributed by atoms with E-state index in [1.54, 1.807) is 44.2 Å². The Morgan fingerprint density at radius 1 is 1.37 bits per heavy atom. The Morgan fingerprint density at radius 3 is 2.74 bits per heavy atom. The van der Waals surface area contributed by atoms with E-state index in [0.29, 0.717) is 23.6 Å². The summed E-state index contributed by atoms with van der Waals surface area (Å²) in [5.74, 6) is 2.36. The molecule has 1 aliphatic heterocycles. The second kappa shape index (κ2) is 7.55. The van der Waals surface area contributed by atoms with Crippen molar-refractivity contribution in [1.82, 2.24) is 0 Å². The van der Waals surface area contributed by atoms with E-state index in [1.807, 2.05) is 10.1 Å². The van der Waals surface area contributed by atoms with Gasteiger partial charge in [-0.05, 0) is 12.1 Å². The molecule has 19 heavy (non-hydrogen) atoms. The number of methoxy groups -OCH3 is 2. The SMILES string of the molecule is COc1ccc(C(=O)C[N+]2=CSCC2)c(OC)c1.[Br-]. The predicted molar refractivity (Wildman–Crippen MR) is 72.4 cm³/mol. The van der Waals surface area contributed by atoms with Gasteiger partial charge < -0.3 is 26.5 Å². The highest BCUT2D eigenvalue weighted by Gasteiger charge is 2.20. The fourth-order valence-electron chi connectivity index (χ4n) is 1.80. The number of thioether (sulfide) groups is 1. The van der Waals surface area contributed by atoms with Crippen LogP contribution in [0.2, 0.25) is 0 Å². The van der Waals surface area contributed by atoms with Gasteiger partial charge in [0, 0.05) is 6.07 Å².